The Morgan fingerprint density at radius 3 is 2.54 bits per heavy atom. The molecule has 0 radical (unpaired) electrons. The summed E-state index contributed by atoms with van der Waals surface area (Å²) in [6, 6.07) is 0. The smallest absolute Gasteiger partial charge is 0.303 e. The van der Waals surface area contributed by atoms with Crippen LogP contribution >= 0.6 is 11.8 Å². The van der Waals surface area contributed by atoms with Crippen LogP contribution in [0.3, 0.4) is 0 Å². The number of unbranched alkanes of at least 4 members (excludes halogenated alkanes) is 1. The van der Waals surface area contributed by atoms with Crippen LogP contribution in [0.1, 0.15) is 19.3 Å². The molecule has 3 nitrogen and oxygen atoms in total. The largest absolute Gasteiger partial charge is 0.481 e. The number of nitrogens with zero attached hydrogens (tertiary/aromatic N) is 1. The van der Waals surface area contributed by atoms with Gasteiger partial charge >= 0.3 is 5.97 Å². The average Bonchev–Trinajstić information content (AvgIpc) is 2.01. The normalized spacial score (nSPS) is 10.7. The van der Waals surface area contributed by atoms with Gasteiger partial charge in [-0.25, -0.2) is 0 Å². The second kappa shape index (κ2) is 8.38. The Morgan fingerprint density at radius 1 is 1.31 bits per heavy atom. The van der Waals surface area contributed by atoms with E-state index >= 15 is 0 Å². The molecular weight excluding hydrogens is 186 g/mol. The fourth-order valence-electron chi connectivity index (χ4n) is 0.830. The minimum absolute atomic E-state index is 0.314. The van der Waals surface area contributed by atoms with Crippen LogP contribution in [-0.2, 0) is 4.79 Å². The molecule has 13 heavy (non-hydrogen) atoms. The van der Waals surface area contributed by atoms with Crippen LogP contribution in [0.15, 0.2) is 0 Å². The van der Waals surface area contributed by atoms with Gasteiger partial charge in [-0.3, -0.25) is 4.79 Å². The van der Waals surface area contributed by atoms with Gasteiger partial charge in [0, 0.05) is 18.7 Å². The summed E-state index contributed by atoms with van der Waals surface area (Å²) in [5.74, 6) is 1.54. The third-order valence-corrected chi connectivity index (χ3v) is 2.66. The Bertz CT molecular complexity index is 140. The maximum atomic E-state index is 10.2. The van der Waals surface area contributed by atoms with Gasteiger partial charge < -0.3 is 10.0 Å². The minimum Gasteiger partial charge on any atom is -0.481 e. The quantitative estimate of drug-likeness (QED) is 0.610. The number of carboxylic acid groups (broad SMARTS) is 1. The molecule has 0 saturated heterocycles. The molecule has 4 heteroatoms. The van der Waals surface area contributed by atoms with E-state index in [0.717, 1.165) is 30.9 Å². The maximum Gasteiger partial charge on any atom is 0.303 e. The monoisotopic (exact) mass is 205 g/mol. The number of carbonyl (C=O) groups is 1. The summed E-state index contributed by atoms with van der Waals surface area (Å²) in [7, 11) is 4.12. The van der Waals surface area contributed by atoms with Crippen molar-refractivity contribution in [1.82, 2.24) is 4.90 Å². The van der Waals surface area contributed by atoms with Gasteiger partial charge in [-0.05, 0) is 32.7 Å². The molecule has 0 heterocycles. The van der Waals surface area contributed by atoms with Crippen molar-refractivity contribution in [2.24, 2.45) is 0 Å². The molecule has 0 saturated carbocycles. The summed E-state index contributed by atoms with van der Waals surface area (Å²) in [5.41, 5.74) is 0. The van der Waals surface area contributed by atoms with Crippen LogP contribution in [0.2, 0.25) is 0 Å². The summed E-state index contributed by atoms with van der Waals surface area (Å²) >= 11 is 1.90. The van der Waals surface area contributed by atoms with Gasteiger partial charge in [-0.1, -0.05) is 0 Å². The summed E-state index contributed by atoms with van der Waals surface area (Å²) in [5, 5.41) is 8.38. The molecule has 0 rings (SSSR count). The molecular formula is C9H19NO2S. The summed E-state index contributed by atoms with van der Waals surface area (Å²) in [6.45, 7) is 1.10. The van der Waals surface area contributed by atoms with Crippen LogP contribution in [0.5, 0.6) is 0 Å². The van der Waals surface area contributed by atoms with E-state index in [1.807, 2.05) is 11.8 Å². The van der Waals surface area contributed by atoms with Crippen molar-refractivity contribution in [2.75, 3.05) is 32.1 Å². The van der Waals surface area contributed by atoms with Crippen molar-refractivity contribution < 1.29 is 9.90 Å². The standard InChI is InChI=1S/C9H19NO2S/c1-10(2)6-8-13-7-4-3-5-9(11)12/h3-8H2,1-2H3,(H,11,12). The molecule has 0 bridgehead atoms. The van der Waals surface area contributed by atoms with Crippen molar-refractivity contribution in [1.29, 1.82) is 0 Å². The first kappa shape index (κ1) is 12.8. The predicted octanol–water partition coefficient (Wildman–Crippen LogP) is 1.54. The number of rotatable bonds is 8. The number of carboxylic acids is 1. The van der Waals surface area contributed by atoms with Gasteiger partial charge in [0.2, 0.25) is 0 Å². The Morgan fingerprint density at radius 2 is 2.00 bits per heavy atom. The highest BCUT2D eigenvalue weighted by atomic mass is 32.2. The van der Waals surface area contributed by atoms with Crippen LogP contribution in [0.25, 0.3) is 0 Å². The van der Waals surface area contributed by atoms with E-state index in [9.17, 15) is 4.79 Å². The topological polar surface area (TPSA) is 40.5 Å². The molecule has 78 valence electrons. The summed E-state index contributed by atoms with van der Waals surface area (Å²) in [6.07, 6.45) is 2.14. The van der Waals surface area contributed by atoms with E-state index < -0.39 is 5.97 Å². The lowest BCUT2D eigenvalue weighted by atomic mass is 10.3. The number of thioether (sulfide) groups is 1. The molecule has 0 fully saturated rings. The Balaban J connectivity index is 2.96. The zero-order chi connectivity index (χ0) is 10.1. The third kappa shape index (κ3) is 11.8. The van der Waals surface area contributed by atoms with Crippen LogP contribution in [-0.4, -0.2) is 48.1 Å². The van der Waals surface area contributed by atoms with E-state index in [1.165, 1.54) is 0 Å². The molecule has 0 aromatic carbocycles. The van der Waals surface area contributed by atoms with Crippen molar-refractivity contribution in [3.8, 4) is 0 Å². The zero-order valence-electron chi connectivity index (χ0n) is 8.45. The predicted molar refractivity (Wildman–Crippen MR) is 57.4 cm³/mol. The SMILES string of the molecule is CN(C)CCSCCCCC(=O)O. The second-order valence-electron chi connectivity index (χ2n) is 3.27. The first-order chi connectivity index (χ1) is 6.13. The molecule has 0 atom stereocenters. The third-order valence-electron chi connectivity index (χ3n) is 1.61. The van der Waals surface area contributed by atoms with Crippen LogP contribution in [0, 0.1) is 0 Å². The van der Waals surface area contributed by atoms with Crippen molar-refractivity contribution in [2.45, 2.75) is 19.3 Å². The van der Waals surface area contributed by atoms with Crippen molar-refractivity contribution >= 4 is 17.7 Å². The Hall–Kier alpha value is -0.220. The van der Waals surface area contributed by atoms with Crippen molar-refractivity contribution in [3.63, 3.8) is 0 Å². The van der Waals surface area contributed by atoms with Crippen LogP contribution in [0.4, 0.5) is 0 Å². The number of aliphatic carboxylic acids is 1. The van der Waals surface area contributed by atoms with E-state index in [4.69, 9.17) is 5.11 Å². The first-order valence-electron chi connectivity index (χ1n) is 4.57. The fraction of sp³-hybridized carbons (Fsp3) is 0.889. The van der Waals surface area contributed by atoms with Gasteiger partial charge in [0.05, 0.1) is 0 Å². The summed E-state index contributed by atoms with van der Waals surface area (Å²) < 4.78 is 0. The number of hydrogen-bond donors (Lipinski definition) is 1. The highest BCUT2D eigenvalue weighted by molar-refractivity contribution is 7.99. The fourth-order valence-corrected chi connectivity index (χ4v) is 1.94. The molecule has 1 N–H and O–H groups in total. The molecule has 0 amide bonds. The zero-order valence-corrected chi connectivity index (χ0v) is 9.27. The van der Waals surface area contributed by atoms with Crippen molar-refractivity contribution in [3.05, 3.63) is 0 Å². The van der Waals surface area contributed by atoms with Gasteiger partial charge in [0.25, 0.3) is 0 Å². The molecule has 0 unspecified atom stereocenters. The minimum atomic E-state index is -0.682. The summed E-state index contributed by atoms with van der Waals surface area (Å²) in [4.78, 5) is 12.3. The van der Waals surface area contributed by atoms with E-state index in [2.05, 4.69) is 19.0 Å². The highest BCUT2D eigenvalue weighted by Crippen LogP contribution is 2.05. The number of hydrogen-bond acceptors (Lipinski definition) is 3. The molecule has 0 spiro atoms. The second-order valence-corrected chi connectivity index (χ2v) is 4.49. The Kier molecular flexibility index (Phi) is 8.24. The lowest BCUT2D eigenvalue weighted by Crippen LogP contribution is -2.14. The van der Waals surface area contributed by atoms with E-state index in [-0.39, 0.29) is 0 Å². The molecule has 0 aromatic heterocycles. The first-order valence-corrected chi connectivity index (χ1v) is 5.72. The molecule has 0 aliphatic carbocycles. The molecule has 0 aliphatic heterocycles. The lowest BCUT2D eigenvalue weighted by molar-refractivity contribution is -0.137. The molecule has 0 aromatic rings. The van der Waals surface area contributed by atoms with Gasteiger partial charge in [-0.15, -0.1) is 0 Å². The van der Waals surface area contributed by atoms with E-state index in [1.54, 1.807) is 0 Å². The van der Waals surface area contributed by atoms with Gasteiger partial charge in [0.15, 0.2) is 0 Å². The van der Waals surface area contributed by atoms with Crippen LogP contribution < -0.4 is 0 Å². The van der Waals surface area contributed by atoms with E-state index in [0.29, 0.717) is 6.42 Å². The lowest BCUT2D eigenvalue weighted by Gasteiger charge is -2.07. The molecule has 0 aliphatic rings. The average molecular weight is 205 g/mol. The Labute approximate surface area is 84.5 Å². The highest BCUT2D eigenvalue weighted by Gasteiger charge is 1.96. The maximum absolute atomic E-state index is 10.2. The van der Waals surface area contributed by atoms with Gasteiger partial charge in [0.1, 0.15) is 0 Å². The van der Waals surface area contributed by atoms with Gasteiger partial charge in [-0.2, -0.15) is 11.8 Å².